The Kier molecular flexibility index (Phi) is 5.68. The summed E-state index contributed by atoms with van der Waals surface area (Å²) in [6.07, 6.45) is 11.2. The summed E-state index contributed by atoms with van der Waals surface area (Å²) in [7, 11) is 0. The second-order valence-corrected chi connectivity index (χ2v) is 12.8. The van der Waals surface area contributed by atoms with E-state index in [2.05, 4.69) is 62.2 Å². The molecule has 1 aromatic carbocycles. The molecule has 0 aliphatic heterocycles. The molecule has 0 spiro atoms. The molecule has 2 N–H and O–H groups in total. The molecule has 3 nitrogen and oxygen atoms in total. The minimum atomic E-state index is -0.874. The number of benzene rings is 1. The van der Waals surface area contributed by atoms with E-state index in [1.165, 1.54) is 29.7 Å². The first-order valence-corrected chi connectivity index (χ1v) is 14.1. The van der Waals surface area contributed by atoms with Gasteiger partial charge in [0.05, 0.1) is 0 Å². The summed E-state index contributed by atoms with van der Waals surface area (Å²) in [4.78, 5) is 12.3. The van der Waals surface area contributed by atoms with Crippen molar-refractivity contribution in [1.82, 2.24) is 0 Å². The molecule has 0 heterocycles. The maximum absolute atomic E-state index is 12.3. The molecule has 0 amide bonds. The van der Waals surface area contributed by atoms with Crippen molar-refractivity contribution in [1.29, 1.82) is 0 Å². The molecule has 0 aromatic heterocycles. The Balaban J connectivity index is 1.40. The minimum absolute atomic E-state index is 0.179. The van der Waals surface area contributed by atoms with Gasteiger partial charge in [0, 0.05) is 29.5 Å². The molecule has 0 saturated heterocycles. The van der Waals surface area contributed by atoms with Crippen molar-refractivity contribution < 1.29 is 9.90 Å². The van der Waals surface area contributed by atoms with Crippen molar-refractivity contribution in [3.05, 3.63) is 41.5 Å². The highest BCUT2D eigenvalue weighted by atomic mass is 16.3. The summed E-state index contributed by atoms with van der Waals surface area (Å²) in [6.45, 7) is 6.70. The minimum Gasteiger partial charge on any atom is -0.383 e. The second kappa shape index (κ2) is 8.52. The molecule has 5 aliphatic rings. The van der Waals surface area contributed by atoms with E-state index in [1.807, 2.05) is 6.08 Å². The Morgan fingerprint density at radius 2 is 1.80 bits per heavy atom. The highest BCUT2D eigenvalue weighted by molar-refractivity contribution is 5.91. The first-order valence-electron chi connectivity index (χ1n) is 14.1. The fourth-order valence-corrected chi connectivity index (χ4v) is 8.47. The van der Waals surface area contributed by atoms with Crippen LogP contribution in [0.2, 0.25) is 0 Å². The molecule has 186 valence electrons. The van der Waals surface area contributed by atoms with Crippen LogP contribution in [-0.2, 0) is 4.79 Å². The molecule has 1 aromatic rings. The van der Waals surface area contributed by atoms with E-state index in [4.69, 9.17) is 0 Å². The molecular weight excluding hydrogens is 430 g/mol. The van der Waals surface area contributed by atoms with Gasteiger partial charge in [0.2, 0.25) is 0 Å². The van der Waals surface area contributed by atoms with Crippen LogP contribution in [0.25, 0.3) is 0 Å². The number of anilines is 1. The monoisotopic (exact) mass is 471 g/mol. The maximum Gasteiger partial charge on any atom is 0.155 e. The molecule has 3 heteroatoms. The molecule has 4 saturated carbocycles. The van der Waals surface area contributed by atoms with Crippen molar-refractivity contribution in [2.45, 2.75) is 96.1 Å². The smallest absolute Gasteiger partial charge is 0.155 e. The van der Waals surface area contributed by atoms with Crippen LogP contribution >= 0.6 is 0 Å². The van der Waals surface area contributed by atoms with Crippen molar-refractivity contribution in [3.8, 4) is 11.8 Å². The molecule has 7 atom stereocenters. The van der Waals surface area contributed by atoms with E-state index in [-0.39, 0.29) is 5.41 Å². The third-order valence-corrected chi connectivity index (χ3v) is 10.3. The SMILES string of the molecule is CC(C)Nc1ccc([C@H]2C[C@@]3(C)[C@@H](CC[C@@]3(O)C#CC3CC3)[C@@H]3CCC4=CC(=O)CC[C@@H]4[C@H]32)cc1. The van der Waals surface area contributed by atoms with Gasteiger partial charge in [-0.05, 0) is 119 Å². The molecule has 5 aliphatic carbocycles. The maximum atomic E-state index is 12.3. The number of nitrogens with one attached hydrogen (secondary N) is 1. The average molecular weight is 472 g/mol. The Morgan fingerprint density at radius 1 is 1.03 bits per heavy atom. The summed E-state index contributed by atoms with van der Waals surface area (Å²) in [5.74, 6) is 10.3. The average Bonchev–Trinajstić information content (AvgIpc) is 3.62. The second-order valence-electron chi connectivity index (χ2n) is 12.8. The van der Waals surface area contributed by atoms with Crippen LogP contribution in [0.15, 0.2) is 35.9 Å². The number of fused-ring (bicyclic) bond motifs is 5. The van der Waals surface area contributed by atoms with Crippen molar-refractivity contribution >= 4 is 11.5 Å². The van der Waals surface area contributed by atoms with Crippen LogP contribution in [0.4, 0.5) is 5.69 Å². The van der Waals surface area contributed by atoms with E-state index < -0.39 is 5.60 Å². The van der Waals surface area contributed by atoms with Gasteiger partial charge in [0.15, 0.2) is 5.78 Å². The predicted octanol–water partition coefficient (Wildman–Crippen LogP) is 6.49. The lowest BCUT2D eigenvalue weighted by atomic mass is 9.46. The van der Waals surface area contributed by atoms with Gasteiger partial charge in [0.1, 0.15) is 5.60 Å². The molecule has 0 bridgehead atoms. The van der Waals surface area contributed by atoms with Crippen LogP contribution in [0, 0.1) is 46.8 Å². The third kappa shape index (κ3) is 3.97. The first-order chi connectivity index (χ1) is 16.8. The van der Waals surface area contributed by atoms with Crippen LogP contribution in [0.3, 0.4) is 0 Å². The summed E-state index contributed by atoms with van der Waals surface area (Å²) >= 11 is 0. The molecule has 6 rings (SSSR count). The van der Waals surface area contributed by atoms with E-state index in [0.29, 0.717) is 53.8 Å². The van der Waals surface area contributed by atoms with Gasteiger partial charge in [-0.3, -0.25) is 4.79 Å². The van der Waals surface area contributed by atoms with Crippen LogP contribution in [-0.4, -0.2) is 22.5 Å². The number of carbonyl (C=O) groups is 1. The van der Waals surface area contributed by atoms with Gasteiger partial charge in [-0.2, -0.15) is 0 Å². The number of hydrogen-bond donors (Lipinski definition) is 2. The summed E-state index contributed by atoms with van der Waals surface area (Å²) in [5.41, 5.74) is 2.93. The topological polar surface area (TPSA) is 49.3 Å². The van der Waals surface area contributed by atoms with E-state index >= 15 is 0 Å². The van der Waals surface area contributed by atoms with Crippen molar-refractivity contribution in [2.24, 2.45) is 35.0 Å². The van der Waals surface area contributed by atoms with Crippen LogP contribution in [0.5, 0.6) is 0 Å². The fourth-order valence-electron chi connectivity index (χ4n) is 8.47. The number of carbonyl (C=O) groups excluding carboxylic acids is 1. The Labute approximate surface area is 211 Å². The van der Waals surface area contributed by atoms with Gasteiger partial charge in [-0.1, -0.05) is 36.5 Å². The van der Waals surface area contributed by atoms with E-state index in [0.717, 1.165) is 38.5 Å². The predicted molar refractivity (Wildman–Crippen MR) is 141 cm³/mol. The molecule has 35 heavy (non-hydrogen) atoms. The molecule has 4 fully saturated rings. The van der Waals surface area contributed by atoms with Crippen molar-refractivity contribution in [2.75, 3.05) is 5.32 Å². The number of aliphatic hydroxyl groups is 1. The third-order valence-electron chi connectivity index (χ3n) is 10.3. The standard InChI is InChI=1S/C32H41NO2/c1-20(2)33-24-9-6-22(7-10-24)28-19-31(3)29(15-17-32(31,35)16-14-21-4-5-21)27-12-8-23-18-25(34)11-13-26(23)30(27)28/h6-7,9-10,18,20-21,26-30,33,35H,4-5,8,11-13,15,17,19H2,1-3H3/t26-,27-,28+,29-,30+,31-,32-/m0/s1. The lowest BCUT2D eigenvalue weighted by molar-refractivity contribution is -0.117. The van der Waals surface area contributed by atoms with Crippen LogP contribution < -0.4 is 5.32 Å². The Bertz CT molecular complexity index is 1090. The van der Waals surface area contributed by atoms with Crippen LogP contribution in [0.1, 0.15) is 90.0 Å². The molecular formula is C32H41NO2. The van der Waals surface area contributed by atoms with Gasteiger partial charge in [-0.25, -0.2) is 0 Å². The zero-order chi connectivity index (χ0) is 24.4. The van der Waals surface area contributed by atoms with Gasteiger partial charge in [-0.15, -0.1) is 0 Å². The van der Waals surface area contributed by atoms with Gasteiger partial charge < -0.3 is 10.4 Å². The number of hydrogen-bond acceptors (Lipinski definition) is 3. The molecule has 0 radical (unpaired) electrons. The lowest BCUT2D eigenvalue weighted by Crippen LogP contribution is -2.54. The summed E-state index contributed by atoms with van der Waals surface area (Å²) in [5, 5.41) is 15.6. The van der Waals surface area contributed by atoms with Gasteiger partial charge >= 0.3 is 0 Å². The zero-order valence-electron chi connectivity index (χ0n) is 21.6. The van der Waals surface area contributed by atoms with E-state index in [1.54, 1.807) is 0 Å². The lowest BCUT2D eigenvalue weighted by Gasteiger charge is -2.58. The zero-order valence-corrected chi connectivity index (χ0v) is 21.6. The Hall–Kier alpha value is -2.05. The highest BCUT2D eigenvalue weighted by Crippen LogP contribution is 2.68. The normalized spacial score (nSPS) is 40.2. The van der Waals surface area contributed by atoms with E-state index in [9.17, 15) is 9.90 Å². The quantitative estimate of drug-likeness (QED) is 0.496. The Morgan fingerprint density at radius 3 is 2.51 bits per heavy atom. The fraction of sp³-hybridized carbons (Fsp3) is 0.656. The number of ketones is 1. The number of allylic oxidation sites excluding steroid dienone is 1. The summed E-state index contributed by atoms with van der Waals surface area (Å²) < 4.78 is 0. The largest absolute Gasteiger partial charge is 0.383 e. The highest BCUT2D eigenvalue weighted by Gasteiger charge is 2.64. The number of rotatable bonds is 3. The van der Waals surface area contributed by atoms with Crippen molar-refractivity contribution in [3.63, 3.8) is 0 Å². The van der Waals surface area contributed by atoms with Gasteiger partial charge in [0.25, 0.3) is 0 Å². The first kappa shape index (κ1) is 23.4. The summed E-state index contributed by atoms with van der Waals surface area (Å²) in [6, 6.07) is 9.52. The molecule has 0 unspecified atom stereocenters.